The van der Waals surface area contributed by atoms with E-state index in [9.17, 15) is 19.2 Å². The van der Waals surface area contributed by atoms with Gasteiger partial charge in [0.25, 0.3) is 0 Å². The molecule has 6 heteroatoms. The highest BCUT2D eigenvalue weighted by atomic mass is 16.5. The third-order valence-electron chi connectivity index (χ3n) is 5.28. The van der Waals surface area contributed by atoms with Crippen molar-refractivity contribution in [2.24, 2.45) is 17.8 Å². The van der Waals surface area contributed by atoms with Gasteiger partial charge in [-0.3, -0.25) is 24.1 Å². The summed E-state index contributed by atoms with van der Waals surface area (Å²) in [5, 5.41) is 0. The number of hydrogen-bond donors (Lipinski definition) is 0. The lowest BCUT2D eigenvalue weighted by Gasteiger charge is -2.29. The number of Topliss-reactive ketones (excluding diaryl/α,β-unsaturated/α-hetero) is 2. The van der Waals surface area contributed by atoms with Crippen LogP contribution in [0.5, 0.6) is 0 Å². The van der Waals surface area contributed by atoms with E-state index in [2.05, 4.69) is 0 Å². The van der Waals surface area contributed by atoms with Gasteiger partial charge in [-0.15, -0.1) is 0 Å². The molecule has 25 heavy (non-hydrogen) atoms. The van der Waals surface area contributed by atoms with Gasteiger partial charge in [0, 0.05) is 37.6 Å². The number of likely N-dealkylation sites (tertiary alicyclic amines) is 1. The molecule has 1 aliphatic carbocycles. The standard InChI is InChI=1S/C19H29NO5/c1-13(2)16(21)9-10-25-12-17(22)15-5-3-14(4-6-15)11-20-18(23)7-8-19(20)24/h13-15H,3-12H2,1-2H3. The molecule has 0 atom stereocenters. The Kier molecular flexibility index (Phi) is 7.29. The zero-order valence-corrected chi connectivity index (χ0v) is 15.3. The molecule has 1 saturated carbocycles. The van der Waals surface area contributed by atoms with Crippen molar-refractivity contribution in [2.45, 2.75) is 58.8 Å². The molecule has 0 N–H and O–H groups in total. The number of hydrogen-bond acceptors (Lipinski definition) is 5. The van der Waals surface area contributed by atoms with Gasteiger partial charge in [-0.1, -0.05) is 13.8 Å². The first-order valence-electron chi connectivity index (χ1n) is 9.34. The zero-order chi connectivity index (χ0) is 18.4. The molecule has 1 saturated heterocycles. The van der Waals surface area contributed by atoms with Crippen molar-refractivity contribution in [1.82, 2.24) is 4.90 Å². The Morgan fingerprint density at radius 2 is 1.68 bits per heavy atom. The molecular weight excluding hydrogens is 322 g/mol. The van der Waals surface area contributed by atoms with Gasteiger partial charge >= 0.3 is 0 Å². The van der Waals surface area contributed by atoms with E-state index in [0.29, 0.717) is 38.3 Å². The minimum atomic E-state index is -0.0625. The maximum absolute atomic E-state index is 12.2. The topological polar surface area (TPSA) is 80.8 Å². The summed E-state index contributed by atoms with van der Waals surface area (Å²) < 4.78 is 5.36. The largest absolute Gasteiger partial charge is 0.373 e. The molecule has 0 aromatic carbocycles. The number of carbonyl (C=O) groups is 4. The summed E-state index contributed by atoms with van der Waals surface area (Å²) in [6.45, 7) is 4.60. The first-order chi connectivity index (χ1) is 11.9. The Balaban J connectivity index is 1.64. The van der Waals surface area contributed by atoms with Gasteiger partial charge in [0.1, 0.15) is 12.4 Å². The number of ketones is 2. The molecule has 1 heterocycles. The second-order valence-electron chi connectivity index (χ2n) is 7.51. The van der Waals surface area contributed by atoms with Crippen molar-refractivity contribution < 1.29 is 23.9 Å². The van der Waals surface area contributed by atoms with Crippen LogP contribution in [-0.2, 0) is 23.9 Å². The molecule has 0 aromatic rings. The number of amides is 2. The van der Waals surface area contributed by atoms with E-state index in [0.717, 1.165) is 25.7 Å². The SMILES string of the molecule is CC(C)C(=O)CCOCC(=O)C1CCC(CN2C(=O)CCC2=O)CC1. The smallest absolute Gasteiger partial charge is 0.229 e. The van der Waals surface area contributed by atoms with Crippen molar-refractivity contribution in [2.75, 3.05) is 19.8 Å². The number of carbonyl (C=O) groups excluding carboxylic acids is 4. The van der Waals surface area contributed by atoms with Gasteiger partial charge in [0.05, 0.1) is 6.61 Å². The molecule has 0 spiro atoms. The lowest BCUT2D eigenvalue weighted by atomic mass is 9.80. The van der Waals surface area contributed by atoms with E-state index >= 15 is 0 Å². The lowest BCUT2D eigenvalue weighted by Crippen LogP contribution is -2.36. The van der Waals surface area contributed by atoms with Crippen molar-refractivity contribution >= 4 is 23.4 Å². The second-order valence-corrected chi connectivity index (χ2v) is 7.51. The van der Waals surface area contributed by atoms with E-state index in [4.69, 9.17) is 4.74 Å². The molecule has 1 aliphatic heterocycles. The molecule has 6 nitrogen and oxygen atoms in total. The molecule has 0 radical (unpaired) electrons. The maximum atomic E-state index is 12.2. The quantitative estimate of drug-likeness (QED) is 0.470. The summed E-state index contributed by atoms with van der Waals surface area (Å²) in [6.07, 6.45) is 4.32. The molecule has 2 rings (SSSR count). The van der Waals surface area contributed by atoms with E-state index in [1.165, 1.54) is 4.90 Å². The van der Waals surface area contributed by atoms with E-state index < -0.39 is 0 Å². The van der Waals surface area contributed by atoms with Crippen molar-refractivity contribution in [3.05, 3.63) is 0 Å². The maximum Gasteiger partial charge on any atom is 0.229 e. The van der Waals surface area contributed by atoms with Crippen LogP contribution in [0.15, 0.2) is 0 Å². The van der Waals surface area contributed by atoms with E-state index in [1.807, 2.05) is 13.8 Å². The monoisotopic (exact) mass is 351 g/mol. The number of rotatable bonds is 9. The summed E-state index contributed by atoms with van der Waals surface area (Å²) in [4.78, 5) is 48.4. The van der Waals surface area contributed by atoms with Gasteiger partial charge < -0.3 is 4.74 Å². The average molecular weight is 351 g/mol. The summed E-state index contributed by atoms with van der Waals surface area (Å²) in [7, 11) is 0. The fourth-order valence-corrected chi connectivity index (χ4v) is 3.50. The lowest BCUT2D eigenvalue weighted by molar-refractivity contribution is -0.139. The number of ether oxygens (including phenoxy) is 1. The predicted octanol–water partition coefficient (Wildman–Crippen LogP) is 2.14. The van der Waals surface area contributed by atoms with Crippen LogP contribution in [-0.4, -0.2) is 48.0 Å². The first-order valence-corrected chi connectivity index (χ1v) is 9.34. The summed E-state index contributed by atoms with van der Waals surface area (Å²) in [5.74, 6) is 0.438. The van der Waals surface area contributed by atoms with E-state index in [-0.39, 0.29) is 41.8 Å². The van der Waals surface area contributed by atoms with E-state index in [1.54, 1.807) is 0 Å². The predicted molar refractivity (Wildman–Crippen MR) is 91.7 cm³/mol. The van der Waals surface area contributed by atoms with Crippen LogP contribution in [0.4, 0.5) is 0 Å². The minimum Gasteiger partial charge on any atom is -0.373 e. The highest BCUT2D eigenvalue weighted by Gasteiger charge is 2.33. The second kappa shape index (κ2) is 9.22. The van der Waals surface area contributed by atoms with Crippen LogP contribution in [0, 0.1) is 17.8 Å². The highest BCUT2D eigenvalue weighted by Crippen LogP contribution is 2.31. The molecule has 0 aromatic heterocycles. The Hall–Kier alpha value is -1.56. The van der Waals surface area contributed by atoms with Crippen molar-refractivity contribution in [3.8, 4) is 0 Å². The number of nitrogens with zero attached hydrogens (tertiary/aromatic N) is 1. The molecule has 2 fully saturated rings. The Bertz CT molecular complexity index is 504. The molecular formula is C19H29NO5. The molecule has 2 amide bonds. The zero-order valence-electron chi connectivity index (χ0n) is 15.3. The third-order valence-corrected chi connectivity index (χ3v) is 5.28. The fourth-order valence-electron chi connectivity index (χ4n) is 3.50. The number of imide groups is 1. The van der Waals surface area contributed by atoms with Crippen molar-refractivity contribution in [3.63, 3.8) is 0 Å². The fraction of sp³-hybridized carbons (Fsp3) is 0.789. The molecule has 0 unspecified atom stereocenters. The van der Waals surface area contributed by atoms with Gasteiger partial charge in [-0.2, -0.15) is 0 Å². The third kappa shape index (κ3) is 5.73. The van der Waals surface area contributed by atoms with Gasteiger partial charge in [-0.05, 0) is 31.6 Å². The molecule has 2 aliphatic rings. The minimum absolute atomic E-state index is 0.00188. The summed E-state index contributed by atoms with van der Waals surface area (Å²) in [6, 6.07) is 0. The van der Waals surface area contributed by atoms with Crippen LogP contribution in [0.2, 0.25) is 0 Å². The Morgan fingerprint density at radius 3 is 2.24 bits per heavy atom. The average Bonchev–Trinajstić information content (AvgIpc) is 2.90. The van der Waals surface area contributed by atoms with Crippen LogP contribution >= 0.6 is 0 Å². The first kappa shape index (κ1) is 19.8. The van der Waals surface area contributed by atoms with Crippen LogP contribution in [0.1, 0.15) is 58.8 Å². The van der Waals surface area contributed by atoms with Gasteiger partial charge in [0.2, 0.25) is 11.8 Å². The highest BCUT2D eigenvalue weighted by molar-refractivity contribution is 6.01. The molecule has 0 bridgehead atoms. The Morgan fingerprint density at radius 1 is 1.08 bits per heavy atom. The summed E-state index contributed by atoms with van der Waals surface area (Å²) >= 11 is 0. The van der Waals surface area contributed by atoms with Crippen molar-refractivity contribution in [1.29, 1.82) is 0 Å². The van der Waals surface area contributed by atoms with Crippen LogP contribution < -0.4 is 0 Å². The van der Waals surface area contributed by atoms with Gasteiger partial charge in [0.15, 0.2) is 5.78 Å². The van der Waals surface area contributed by atoms with Gasteiger partial charge in [-0.25, -0.2) is 0 Å². The normalized spacial score (nSPS) is 24.2. The van der Waals surface area contributed by atoms with Crippen LogP contribution in [0.3, 0.4) is 0 Å². The summed E-state index contributed by atoms with van der Waals surface area (Å²) in [5.41, 5.74) is 0. The molecule has 140 valence electrons. The van der Waals surface area contributed by atoms with Crippen LogP contribution in [0.25, 0.3) is 0 Å². The Labute approximate surface area is 149 Å².